The molecule has 1 atom stereocenters. The fourth-order valence-corrected chi connectivity index (χ4v) is 2.27. The van der Waals surface area contributed by atoms with Crippen LogP contribution in [-0.4, -0.2) is 33.4 Å². The smallest absolute Gasteiger partial charge is 0.416 e. The quantitative estimate of drug-likeness (QED) is 0.849. The monoisotopic (exact) mass is 304 g/mol. The molecule has 0 unspecified atom stereocenters. The van der Waals surface area contributed by atoms with Crippen molar-refractivity contribution in [2.45, 2.75) is 38.8 Å². The number of benzene rings is 1. The zero-order valence-electron chi connectivity index (χ0n) is 12.9. The molecule has 0 fully saturated rings. The summed E-state index contributed by atoms with van der Waals surface area (Å²) in [5.74, 6) is -0.500. The van der Waals surface area contributed by atoms with Crippen LogP contribution >= 0.6 is 0 Å². The molecule has 0 radical (unpaired) electrons. The average molecular weight is 304 g/mol. The molecule has 0 aliphatic heterocycles. The van der Waals surface area contributed by atoms with E-state index in [0.717, 1.165) is 9.95 Å². The molecule has 1 aromatic heterocycles. The lowest BCUT2D eigenvalue weighted by atomic mass is 10.1. The van der Waals surface area contributed by atoms with Gasteiger partial charge in [0, 0.05) is 18.0 Å². The van der Waals surface area contributed by atoms with Crippen LogP contribution in [0.5, 0.6) is 0 Å². The van der Waals surface area contributed by atoms with Gasteiger partial charge in [0.05, 0.1) is 5.52 Å². The van der Waals surface area contributed by atoms with Crippen molar-refractivity contribution in [3.63, 3.8) is 0 Å². The molecule has 1 heterocycles. The summed E-state index contributed by atoms with van der Waals surface area (Å²) in [5.41, 5.74) is 6.57. The number of rotatable bonds is 3. The van der Waals surface area contributed by atoms with Crippen molar-refractivity contribution < 1.29 is 19.4 Å². The van der Waals surface area contributed by atoms with Gasteiger partial charge in [-0.05, 0) is 32.4 Å². The maximum absolute atomic E-state index is 12.0. The van der Waals surface area contributed by atoms with Gasteiger partial charge in [0.15, 0.2) is 0 Å². The van der Waals surface area contributed by atoms with Gasteiger partial charge in [-0.1, -0.05) is 18.2 Å². The first-order valence-corrected chi connectivity index (χ1v) is 7.00. The van der Waals surface area contributed by atoms with Crippen molar-refractivity contribution in [1.29, 1.82) is 0 Å². The summed E-state index contributed by atoms with van der Waals surface area (Å²) in [6, 6.07) is 6.26. The van der Waals surface area contributed by atoms with E-state index in [4.69, 9.17) is 10.5 Å². The van der Waals surface area contributed by atoms with Crippen LogP contribution in [0.1, 0.15) is 26.3 Å². The van der Waals surface area contributed by atoms with E-state index in [1.807, 2.05) is 12.1 Å². The summed E-state index contributed by atoms with van der Waals surface area (Å²) >= 11 is 0. The number of fused-ring (bicyclic) bond motifs is 1. The molecule has 1 aromatic carbocycles. The second-order valence-corrected chi connectivity index (χ2v) is 6.17. The van der Waals surface area contributed by atoms with Gasteiger partial charge >= 0.3 is 12.1 Å². The predicted octanol–water partition coefficient (Wildman–Crippen LogP) is 2.38. The van der Waals surface area contributed by atoms with Gasteiger partial charge in [0.2, 0.25) is 0 Å². The number of nitrogens with zero attached hydrogens (tertiary/aromatic N) is 1. The fourth-order valence-electron chi connectivity index (χ4n) is 2.27. The van der Waals surface area contributed by atoms with Crippen LogP contribution in [0.2, 0.25) is 0 Å². The Morgan fingerprint density at radius 3 is 2.55 bits per heavy atom. The van der Waals surface area contributed by atoms with Crippen molar-refractivity contribution in [2.24, 2.45) is 5.73 Å². The van der Waals surface area contributed by atoms with Crippen LogP contribution in [0.15, 0.2) is 30.5 Å². The van der Waals surface area contributed by atoms with E-state index in [1.165, 1.54) is 6.20 Å². The van der Waals surface area contributed by atoms with E-state index in [1.54, 1.807) is 32.9 Å². The SMILES string of the molecule is CC(C)(C)OC(=O)[C@@H](N)Cc1cn(C(=O)O)c2ccccc12. The zero-order valence-corrected chi connectivity index (χ0v) is 12.9. The minimum Gasteiger partial charge on any atom is -0.464 e. The second-order valence-electron chi connectivity index (χ2n) is 6.17. The summed E-state index contributed by atoms with van der Waals surface area (Å²) < 4.78 is 6.38. The van der Waals surface area contributed by atoms with E-state index in [0.29, 0.717) is 11.1 Å². The van der Waals surface area contributed by atoms with Gasteiger partial charge < -0.3 is 15.6 Å². The van der Waals surface area contributed by atoms with Gasteiger partial charge in [-0.3, -0.25) is 9.36 Å². The van der Waals surface area contributed by atoms with Crippen molar-refractivity contribution in [2.75, 3.05) is 0 Å². The number of ether oxygens (including phenoxy) is 1. The molecule has 2 aromatic rings. The number of nitrogens with two attached hydrogens (primary N) is 1. The molecule has 6 nitrogen and oxygen atoms in total. The molecule has 3 N–H and O–H groups in total. The Bertz CT molecular complexity index is 712. The Morgan fingerprint density at radius 2 is 1.95 bits per heavy atom. The normalized spacial score (nSPS) is 13.1. The van der Waals surface area contributed by atoms with Gasteiger partial charge in [0.1, 0.15) is 11.6 Å². The number of esters is 1. The molecular weight excluding hydrogens is 284 g/mol. The standard InChI is InChI=1S/C16H20N2O4/c1-16(2,3)22-14(19)12(17)8-10-9-18(15(20)21)13-7-5-4-6-11(10)13/h4-7,9,12H,8,17H2,1-3H3,(H,20,21)/t12-/m0/s1. The highest BCUT2D eigenvalue weighted by Crippen LogP contribution is 2.22. The molecule has 0 aliphatic carbocycles. The molecule has 6 heteroatoms. The topological polar surface area (TPSA) is 94.5 Å². The third-order valence-electron chi connectivity index (χ3n) is 3.15. The molecule has 2 rings (SSSR count). The Labute approximate surface area is 128 Å². The van der Waals surface area contributed by atoms with Crippen LogP contribution in [-0.2, 0) is 16.0 Å². The van der Waals surface area contributed by atoms with Crippen molar-refractivity contribution in [3.05, 3.63) is 36.0 Å². The molecular formula is C16H20N2O4. The van der Waals surface area contributed by atoms with E-state index >= 15 is 0 Å². The van der Waals surface area contributed by atoms with Gasteiger partial charge in [-0.15, -0.1) is 0 Å². The summed E-state index contributed by atoms with van der Waals surface area (Å²) in [5, 5.41) is 10.00. The van der Waals surface area contributed by atoms with Gasteiger partial charge in [-0.2, -0.15) is 0 Å². The third kappa shape index (κ3) is 3.46. The summed E-state index contributed by atoms with van der Waals surface area (Å²) in [4.78, 5) is 23.2. The van der Waals surface area contributed by atoms with Crippen molar-refractivity contribution in [3.8, 4) is 0 Å². The minimum atomic E-state index is -1.08. The highest BCUT2D eigenvalue weighted by molar-refractivity contribution is 5.92. The molecule has 0 saturated carbocycles. The maximum atomic E-state index is 12.0. The van der Waals surface area contributed by atoms with Gasteiger partial charge in [0.25, 0.3) is 0 Å². The van der Waals surface area contributed by atoms with Crippen LogP contribution in [0.3, 0.4) is 0 Å². The lowest BCUT2D eigenvalue weighted by molar-refractivity contribution is -0.156. The lowest BCUT2D eigenvalue weighted by Crippen LogP contribution is -2.38. The first-order valence-electron chi connectivity index (χ1n) is 7.00. The number of hydrogen-bond donors (Lipinski definition) is 2. The Kier molecular flexibility index (Phi) is 4.23. The second kappa shape index (κ2) is 5.81. The third-order valence-corrected chi connectivity index (χ3v) is 3.15. The molecule has 0 saturated heterocycles. The first-order chi connectivity index (χ1) is 10.2. The molecule has 22 heavy (non-hydrogen) atoms. The summed E-state index contributed by atoms with van der Waals surface area (Å²) in [6.07, 6.45) is 0.640. The van der Waals surface area contributed by atoms with E-state index < -0.39 is 23.7 Å². The number of carbonyl (C=O) groups is 2. The van der Waals surface area contributed by atoms with E-state index in [9.17, 15) is 14.7 Å². The van der Waals surface area contributed by atoms with Crippen LogP contribution in [0, 0.1) is 0 Å². The Balaban J connectivity index is 2.28. The number of carboxylic acid groups (broad SMARTS) is 1. The van der Waals surface area contributed by atoms with E-state index in [2.05, 4.69) is 0 Å². The Hall–Kier alpha value is -2.34. The fraction of sp³-hybridized carbons (Fsp3) is 0.375. The van der Waals surface area contributed by atoms with Crippen molar-refractivity contribution in [1.82, 2.24) is 4.57 Å². The Morgan fingerprint density at radius 1 is 1.32 bits per heavy atom. The highest BCUT2D eigenvalue weighted by atomic mass is 16.6. The molecule has 0 amide bonds. The average Bonchev–Trinajstić information content (AvgIpc) is 2.76. The first kappa shape index (κ1) is 16.0. The van der Waals surface area contributed by atoms with Gasteiger partial charge in [-0.25, -0.2) is 4.79 Å². The molecule has 118 valence electrons. The highest BCUT2D eigenvalue weighted by Gasteiger charge is 2.24. The largest absolute Gasteiger partial charge is 0.464 e. The minimum absolute atomic E-state index is 0.218. The van der Waals surface area contributed by atoms with E-state index in [-0.39, 0.29) is 6.42 Å². The van der Waals surface area contributed by atoms with Crippen molar-refractivity contribution >= 4 is 23.0 Å². The molecule has 0 aliphatic rings. The lowest BCUT2D eigenvalue weighted by Gasteiger charge is -2.22. The number of para-hydroxylation sites is 1. The predicted molar refractivity (Wildman–Crippen MR) is 82.9 cm³/mol. The number of aromatic nitrogens is 1. The maximum Gasteiger partial charge on any atom is 0.416 e. The number of hydrogen-bond acceptors (Lipinski definition) is 4. The summed E-state index contributed by atoms with van der Waals surface area (Å²) in [7, 11) is 0. The van der Waals surface area contributed by atoms with Crippen LogP contribution in [0.25, 0.3) is 10.9 Å². The van der Waals surface area contributed by atoms with Crippen LogP contribution in [0.4, 0.5) is 4.79 Å². The molecule has 0 bridgehead atoms. The zero-order chi connectivity index (χ0) is 16.5. The number of carbonyl (C=O) groups excluding carboxylic acids is 1. The molecule has 0 spiro atoms. The van der Waals surface area contributed by atoms with Crippen LogP contribution < -0.4 is 5.73 Å². The summed E-state index contributed by atoms with van der Waals surface area (Å²) in [6.45, 7) is 5.32.